The second-order valence-electron chi connectivity index (χ2n) is 12.1. The van der Waals surface area contributed by atoms with Gasteiger partial charge in [-0.2, -0.15) is 0 Å². The van der Waals surface area contributed by atoms with Crippen LogP contribution in [0.5, 0.6) is 0 Å². The third-order valence-corrected chi connectivity index (χ3v) is 10.1. The highest BCUT2D eigenvalue weighted by Crippen LogP contribution is 2.60. The quantitative estimate of drug-likeness (QED) is 0.109. The molecule has 0 aliphatic carbocycles. The van der Waals surface area contributed by atoms with Gasteiger partial charge in [0.2, 0.25) is 5.91 Å². The van der Waals surface area contributed by atoms with Gasteiger partial charge < -0.3 is 24.4 Å². The Morgan fingerprint density at radius 1 is 1.07 bits per heavy atom. The number of nitrogens with zero attached hydrogens (tertiary/aromatic N) is 2. The number of carbonyl (C=O) groups excluding carboxylic acids is 3. The second-order valence-corrected chi connectivity index (χ2v) is 13.2. The number of unbranched alkanes of at least 4 members (excludes halogenated alkanes) is 5. The van der Waals surface area contributed by atoms with Gasteiger partial charge in [-0.05, 0) is 61.4 Å². The second kappa shape index (κ2) is 14.4. The fraction of sp³-hybridized carbons (Fsp3) is 0.514. The summed E-state index contributed by atoms with van der Waals surface area (Å²) in [6.45, 7) is 8.66. The number of rotatable bonds is 16. The van der Waals surface area contributed by atoms with E-state index in [1.54, 1.807) is 15.9 Å². The summed E-state index contributed by atoms with van der Waals surface area (Å²) in [5, 5.41) is 11.3. The number of alkyl halides is 1. The lowest BCUT2D eigenvalue weighted by atomic mass is 9.70. The maximum absolute atomic E-state index is 14.8. The lowest BCUT2D eigenvalue weighted by Gasteiger charge is -2.37. The van der Waals surface area contributed by atoms with Gasteiger partial charge in [-0.1, -0.05) is 71.3 Å². The van der Waals surface area contributed by atoms with E-state index < -0.39 is 35.6 Å². The number of amides is 2. The molecule has 2 amide bonds. The van der Waals surface area contributed by atoms with Crippen LogP contribution in [0.1, 0.15) is 51.4 Å². The van der Waals surface area contributed by atoms with Crippen LogP contribution in [-0.2, 0) is 23.9 Å². The van der Waals surface area contributed by atoms with Crippen molar-refractivity contribution in [2.45, 2.75) is 73.9 Å². The molecule has 3 heterocycles. The summed E-state index contributed by atoms with van der Waals surface area (Å²) >= 11 is 3.74. The van der Waals surface area contributed by atoms with Crippen molar-refractivity contribution >= 4 is 50.2 Å². The van der Waals surface area contributed by atoms with E-state index in [1.165, 1.54) is 0 Å². The van der Waals surface area contributed by atoms with Gasteiger partial charge in [-0.3, -0.25) is 14.4 Å². The minimum atomic E-state index is -1.15. The highest BCUT2D eigenvalue weighted by Gasteiger charge is 2.77. The van der Waals surface area contributed by atoms with Crippen molar-refractivity contribution in [2.75, 3.05) is 31.2 Å². The van der Waals surface area contributed by atoms with Crippen molar-refractivity contribution in [3.63, 3.8) is 0 Å². The monoisotopic (exact) mass is 666 g/mol. The number of anilines is 1. The molecule has 0 saturated carbocycles. The molecule has 0 aromatic heterocycles. The number of benzene rings is 2. The molecule has 6 atom stereocenters. The van der Waals surface area contributed by atoms with E-state index in [-0.39, 0.29) is 36.4 Å². The molecule has 8 nitrogen and oxygen atoms in total. The molecule has 0 radical (unpaired) electrons. The SMILES string of the molecule is C=CCCCCOC(=O)[C@H]1[C@H]2C(=O)N(CCCCCCO)C(C(=O)N(CC=C)c3ccc4ccccc4c3)C23CC(Br)[C@@H]1O3. The molecule has 3 fully saturated rings. The van der Waals surface area contributed by atoms with Crippen LogP contribution >= 0.6 is 15.9 Å². The normalized spacial score (nSPS) is 27.0. The number of ether oxygens (including phenoxy) is 2. The number of carbonyl (C=O) groups is 3. The van der Waals surface area contributed by atoms with Crippen LogP contribution in [0, 0.1) is 11.8 Å². The molecule has 44 heavy (non-hydrogen) atoms. The first kappa shape index (κ1) is 32.4. The molecule has 1 N–H and O–H groups in total. The van der Waals surface area contributed by atoms with Gasteiger partial charge in [0.15, 0.2) is 0 Å². The summed E-state index contributed by atoms with van der Waals surface area (Å²) in [5.41, 5.74) is -0.442. The molecular formula is C35H43BrN2O6. The van der Waals surface area contributed by atoms with Crippen molar-refractivity contribution < 1.29 is 29.0 Å². The smallest absolute Gasteiger partial charge is 0.312 e. The topological polar surface area (TPSA) is 96.4 Å². The van der Waals surface area contributed by atoms with E-state index >= 15 is 0 Å². The molecule has 5 rings (SSSR count). The first-order chi connectivity index (χ1) is 21.4. The van der Waals surface area contributed by atoms with Gasteiger partial charge >= 0.3 is 5.97 Å². The third-order valence-electron chi connectivity index (χ3n) is 9.27. The summed E-state index contributed by atoms with van der Waals surface area (Å²) in [6, 6.07) is 13.0. The Kier molecular flexibility index (Phi) is 10.6. The number of aliphatic hydroxyl groups excluding tert-OH is 1. The predicted molar refractivity (Wildman–Crippen MR) is 174 cm³/mol. The Morgan fingerprint density at radius 2 is 1.84 bits per heavy atom. The highest BCUT2D eigenvalue weighted by atomic mass is 79.9. The van der Waals surface area contributed by atoms with E-state index in [9.17, 15) is 19.5 Å². The number of likely N-dealkylation sites (tertiary alicyclic amines) is 1. The van der Waals surface area contributed by atoms with Crippen LogP contribution < -0.4 is 4.90 Å². The van der Waals surface area contributed by atoms with Gasteiger partial charge in [0.1, 0.15) is 11.6 Å². The molecule has 3 unspecified atom stereocenters. The number of allylic oxidation sites excluding steroid dienone is 1. The zero-order chi connectivity index (χ0) is 31.3. The summed E-state index contributed by atoms with van der Waals surface area (Å²) < 4.78 is 12.4. The summed E-state index contributed by atoms with van der Waals surface area (Å²) in [5.74, 6) is -2.49. The molecule has 3 saturated heterocycles. The van der Waals surface area contributed by atoms with Crippen molar-refractivity contribution in [1.29, 1.82) is 0 Å². The van der Waals surface area contributed by atoms with Crippen molar-refractivity contribution in [1.82, 2.24) is 4.90 Å². The largest absolute Gasteiger partial charge is 0.465 e. The molecular weight excluding hydrogens is 624 g/mol. The fourth-order valence-electron chi connectivity index (χ4n) is 7.27. The van der Waals surface area contributed by atoms with Crippen molar-refractivity contribution in [3.05, 3.63) is 67.8 Å². The first-order valence-corrected chi connectivity index (χ1v) is 16.7. The maximum atomic E-state index is 14.8. The Hall–Kier alpha value is -3.01. The highest BCUT2D eigenvalue weighted by molar-refractivity contribution is 9.09. The molecule has 2 aromatic carbocycles. The van der Waals surface area contributed by atoms with Gasteiger partial charge in [-0.25, -0.2) is 0 Å². The lowest BCUT2D eigenvalue weighted by molar-refractivity contribution is -0.155. The molecule has 3 aliphatic rings. The van der Waals surface area contributed by atoms with Crippen LogP contribution in [0.3, 0.4) is 0 Å². The maximum Gasteiger partial charge on any atom is 0.312 e. The Labute approximate surface area is 268 Å². The number of esters is 1. The molecule has 3 aliphatic heterocycles. The lowest BCUT2D eigenvalue weighted by Crippen LogP contribution is -2.57. The third kappa shape index (κ3) is 6.11. The average Bonchev–Trinajstić information content (AvgIpc) is 3.62. The Balaban J connectivity index is 1.47. The first-order valence-electron chi connectivity index (χ1n) is 15.8. The van der Waals surface area contributed by atoms with Crippen molar-refractivity contribution in [3.8, 4) is 0 Å². The zero-order valence-electron chi connectivity index (χ0n) is 25.2. The molecule has 2 bridgehead atoms. The summed E-state index contributed by atoms with van der Waals surface area (Å²) in [4.78, 5) is 45.8. The Bertz CT molecular complexity index is 1380. The molecule has 9 heteroatoms. The number of fused-ring (bicyclic) bond motifs is 2. The zero-order valence-corrected chi connectivity index (χ0v) is 26.8. The number of aliphatic hydroxyl groups is 1. The molecule has 2 aromatic rings. The predicted octanol–water partition coefficient (Wildman–Crippen LogP) is 5.56. The van der Waals surface area contributed by atoms with E-state index in [1.807, 2.05) is 48.5 Å². The van der Waals surface area contributed by atoms with Crippen LogP contribution in [0.15, 0.2) is 67.8 Å². The molecule has 1 spiro atoms. The summed E-state index contributed by atoms with van der Waals surface area (Å²) in [7, 11) is 0. The van der Waals surface area contributed by atoms with E-state index in [0.29, 0.717) is 37.9 Å². The Morgan fingerprint density at radius 3 is 2.59 bits per heavy atom. The number of hydrogen-bond donors (Lipinski definition) is 1. The minimum Gasteiger partial charge on any atom is -0.465 e. The summed E-state index contributed by atoms with van der Waals surface area (Å²) in [6.07, 6.45) is 8.83. The van der Waals surface area contributed by atoms with Crippen LogP contribution in [0.4, 0.5) is 5.69 Å². The van der Waals surface area contributed by atoms with Crippen LogP contribution in [0.2, 0.25) is 0 Å². The van der Waals surface area contributed by atoms with E-state index in [2.05, 4.69) is 29.1 Å². The number of halogens is 1. The van der Waals surface area contributed by atoms with Gasteiger partial charge in [0.25, 0.3) is 5.91 Å². The van der Waals surface area contributed by atoms with Crippen molar-refractivity contribution in [2.24, 2.45) is 11.8 Å². The molecule has 236 valence electrons. The standard InChI is InChI=1S/C35H43BrN2O6/c1-3-5-6-13-21-43-34(42)28-29-32(40)38(19-11-7-8-12-20-39)31(35(29)23-27(36)30(28)44-35)33(41)37(18-4-2)26-17-16-24-14-9-10-15-25(24)22-26/h3-4,9-10,14-17,22,27-31,39H,1-2,5-8,11-13,18-21,23H2/t27?,28-,29-,30-,31?,35?/m0/s1. The van der Waals surface area contributed by atoms with E-state index in [0.717, 1.165) is 36.5 Å². The fourth-order valence-corrected chi connectivity index (χ4v) is 8.21. The van der Waals surface area contributed by atoms with Gasteiger partial charge in [0, 0.05) is 30.2 Å². The van der Waals surface area contributed by atoms with Gasteiger partial charge in [0.05, 0.1) is 24.5 Å². The van der Waals surface area contributed by atoms with Crippen LogP contribution in [-0.4, -0.2) is 76.7 Å². The van der Waals surface area contributed by atoms with Crippen LogP contribution in [0.25, 0.3) is 10.8 Å². The van der Waals surface area contributed by atoms with Gasteiger partial charge in [-0.15, -0.1) is 13.2 Å². The average molecular weight is 668 g/mol. The van der Waals surface area contributed by atoms with E-state index in [4.69, 9.17) is 9.47 Å². The number of hydrogen-bond acceptors (Lipinski definition) is 6. The minimum absolute atomic E-state index is 0.121.